The van der Waals surface area contributed by atoms with Gasteiger partial charge in [0.2, 0.25) is 0 Å². The summed E-state index contributed by atoms with van der Waals surface area (Å²) in [5, 5.41) is 5.17. The zero-order valence-electron chi connectivity index (χ0n) is 23.1. The summed E-state index contributed by atoms with van der Waals surface area (Å²) >= 11 is 0. The van der Waals surface area contributed by atoms with Gasteiger partial charge in [-0.25, -0.2) is 23.7 Å². The largest absolute Gasteiger partial charge is 0.496 e. The lowest BCUT2D eigenvalue weighted by atomic mass is 9.80. The third-order valence-electron chi connectivity index (χ3n) is 7.78. The van der Waals surface area contributed by atoms with Gasteiger partial charge in [0.15, 0.2) is 0 Å². The maximum Gasteiger partial charge on any atom is 0.340 e. The number of cyclic esters (lactones) is 1. The van der Waals surface area contributed by atoms with Crippen molar-refractivity contribution in [2.75, 3.05) is 12.4 Å². The van der Waals surface area contributed by atoms with E-state index in [0.717, 1.165) is 47.0 Å². The molecule has 2 N–H and O–H groups in total. The molecule has 202 valence electrons. The highest BCUT2D eigenvalue weighted by atomic mass is 32.2. The molecule has 0 saturated heterocycles. The molecule has 1 aliphatic carbocycles. The third-order valence-corrected chi connectivity index (χ3v) is 9.39. The molecule has 1 spiro atoms. The standard InChI is InChI=1S/C29H36N4O4S/c1-8-21(33-38(35)27(2,3)4)17-9-11-22(36-7)20-16-30-24(15-19(17)20)31-23-12-10-18-25(32-23)29(13-14-29)28(5,6)37-26(18)34/h9-12,15-16,21,33H,8,13-14H2,1-7H3,(H,30,31,32)/t21-,38?/m1/s1. The maximum absolute atomic E-state index is 12.9. The highest BCUT2D eigenvalue weighted by Crippen LogP contribution is 2.59. The first-order valence-corrected chi connectivity index (χ1v) is 14.2. The Morgan fingerprint density at radius 2 is 1.87 bits per heavy atom. The minimum atomic E-state index is -1.23. The Hall–Kier alpha value is -3.04. The van der Waals surface area contributed by atoms with Crippen LogP contribution in [0.15, 0.2) is 36.5 Å². The molecule has 2 aliphatic rings. The van der Waals surface area contributed by atoms with Crippen molar-refractivity contribution >= 4 is 39.4 Å². The summed E-state index contributed by atoms with van der Waals surface area (Å²) in [4.78, 5) is 22.2. The number of hydrogen-bond acceptors (Lipinski definition) is 7. The molecular formula is C29H36N4O4S. The van der Waals surface area contributed by atoms with Crippen LogP contribution in [0.25, 0.3) is 10.8 Å². The minimum Gasteiger partial charge on any atom is -0.496 e. The fourth-order valence-electron chi connectivity index (χ4n) is 5.28. The highest BCUT2D eigenvalue weighted by Gasteiger charge is 2.63. The van der Waals surface area contributed by atoms with Crippen molar-refractivity contribution in [1.29, 1.82) is 0 Å². The molecule has 1 saturated carbocycles. The summed E-state index contributed by atoms with van der Waals surface area (Å²) in [7, 11) is 0.414. The van der Waals surface area contributed by atoms with E-state index >= 15 is 0 Å². The van der Waals surface area contributed by atoms with Crippen LogP contribution in [0.5, 0.6) is 5.75 Å². The quantitative estimate of drug-likeness (QED) is 0.364. The van der Waals surface area contributed by atoms with Crippen molar-refractivity contribution in [3.63, 3.8) is 0 Å². The molecule has 0 radical (unpaired) electrons. The van der Waals surface area contributed by atoms with Gasteiger partial charge < -0.3 is 14.8 Å². The van der Waals surface area contributed by atoms with E-state index in [0.29, 0.717) is 17.2 Å². The van der Waals surface area contributed by atoms with Gasteiger partial charge in [-0.1, -0.05) is 13.0 Å². The fourth-order valence-corrected chi connectivity index (χ4v) is 6.19. The normalized spacial score (nSPS) is 19.0. The monoisotopic (exact) mass is 536 g/mol. The number of anilines is 2. The van der Waals surface area contributed by atoms with Gasteiger partial charge in [0.05, 0.1) is 39.5 Å². The SMILES string of the molecule is CC[C@@H](NS(=O)C(C)(C)C)c1ccc(OC)c2cnc(Nc3ccc4c(n3)C3(CC3)C(C)(C)OC4=O)cc12. The Morgan fingerprint density at radius 1 is 1.13 bits per heavy atom. The first-order valence-electron chi connectivity index (χ1n) is 13.1. The van der Waals surface area contributed by atoms with Crippen molar-refractivity contribution in [2.45, 2.75) is 82.6 Å². The Kier molecular flexibility index (Phi) is 6.51. The number of carbonyl (C=O) groups excluding carboxylic acids is 1. The molecule has 2 aromatic heterocycles. The summed E-state index contributed by atoms with van der Waals surface area (Å²) in [6.45, 7) is 11.9. The fraction of sp³-hybridized carbons (Fsp3) is 0.483. The van der Waals surface area contributed by atoms with E-state index in [1.807, 2.05) is 52.8 Å². The predicted octanol–water partition coefficient (Wildman–Crippen LogP) is 5.87. The van der Waals surface area contributed by atoms with Gasteiger partial charge >= 0.3 is 5.97 Å². The average molecular weight is 537 g/mol. The number of carbonyl (C=O) groups is 1. The van der Waals surface area contributed by atoms with Gasteiger partial charge in [-0.05, 0) is 89.1 Å². The van der Waals surface area contributed by atoms with E-state index in [1.54, 1.807) is 25.4 Å². The zero-order valence-corrected chi connectivity index (χ0v) is 23.9. The number of rotatable bonds is 7. The highest BCUT2D eigenvalue weighted by molar-refractivity contribution is 7.84. The topological polar surface area (TPSA) is 102 Å². The molecular weight excluding hydrogens is 500 g/mol. The third kappa shape index (κ3) is 4.45. The smallest absolute Gasteiger partial charge is 0.340 e. The number of aromatic nitrogens is 2. The van der Waals surface area contributed by atoms with Crippen molar-refractivity contribution in [3.8, 4) is 5.75 Å². The molecule has 1 aliphatic heterocycles. The first-order chi connectivity index (χ1) is 17.9. The van der Waals surface area contributed by atoms with Crippen LogP contribution in [0.4, 0.5) is 11.6 Å². The van der Waals surface area contributed by atoms with Gasteiger partial charge in [0.1, 0.15) is 23.0 Å². The van der Waals surface area contributed by atoms with Crippen molar-refractivity contribution in [1.82, 2.24) is 14.7 Å². The number of ether oxygens (including phenoxy) is 2. The lowest BCUT2D eigenvalue weighted by molar-refractivity contribution is -0.0285. The maximum atomic E-state index is 12.9. The summed E-state index contributed by atoms with van der Waals surface area (Å²) in [6.07, 6.45) is 4.42. The summed E-state index contributed by atoms with van der Waals surface area (Å²) in [6, 6.07) is 9.38. The van der Waals surface area contributed by atoms with Gasteiger partial charge in [-0.15, -0.1) is 0 Å². The molecule has 9 heteroatoms. The van der Waals surface area contributed by atoms with Gasteiger partial charge in [0.25, 0.3) is 0 Å². The van der Waals surface area contributed by atoms with Gasteiger partial charge in [-0.2, -0.15) is 0 Å². The lowest BCUT2D eigenvalue weighted by Crippen LogP contribution is -2.46. The van der Waals surface area contributed by atoms with E-state index in [1.165, 1.54) is 0 Å². The van der Waals surface area contributed by atoms with Crippen LogP contribution in [-0.4, -0.2) is 37.6 Å². The Morgan fingerprint density at radius 3 is 2.50 bits per heavy atom. The van der Waals surface area contributed by atoms with E-state index in [2.05, 4.69) is 21.9 Å². The number of fused-ring (bicyclic) bond motifs is 3. The molecule has 38 heavy (non-hydrogen) atoms. The second-order valence-corrected chi connectivity index (χ2v) is 13.6. The van der Waals surface area contributed by atoms with E-state index in [9.17, 15) is 9.00 Å². The van der Waals surface area contributed by atoms with Crippen molar-refractivity contribution in [2.24, 2.45) is 0 Å². The summed E-state index contributed by atoms with van der Waals surface area (Å²) in [5.74, 6) is 1.63. The molecule has 1 unspecified atom stereocenters. The lowest BCUT2D eigenvalue weighted by Gasteiger charge is -2.39. The van der Waals surface area contributed by atoms with Crippen LogP contribution >= 0.6 is 0 Å². The zero-order chi connectivity index (χ0) is 27.5. The van der Waals surface area contributed by atoms with Crippen LogP contribution in [0.1, 0.15) is 88.5 Å². The summed E-state index contributed by atoms with van der Waals surface area (Å²) < 4.78 is 27.2. The van der Waals surface area contributed by atoms with E-state index in [-0.39, 0.29) is 22.2 Å². The molecule has 5 rings (SSSR count). The molecule has 8 nitrogen and oxygen atoms in total. The van der Waals surface area contributed by atoms with E-state index in [4.69, 9.17) is 14.5 Å². The number of esters is 1. The Bertz CT molecular complexity index is 1440. The molecule has 0 amide bonds. The van der Waals surface area contributed by atoms with Crippen LogP contribution in [-0.2, 0) is 21.1 Å². The predicted molar refractivity (Wildman–Crippen MR) is 150 cm³/mol. The van der Waals surface area contributed by atoms with Crippen molar-refractivity contribution < 1.29 is 18.5 Å². The summed E-state index contributed by atoms with van der Waals surface area (Å²) in [5.41, 5.74) is 1.52. The van der Waals surface area contributed by atoms with Crippen LogP contribution in [0, 0.1) is 0 Å². The number of nitrogens with one attached hydrogen (secondary N) is 2. The van der Waals surface area contributed by atoms with Crippen LogP contribution < -0.4 is 14.8 Å². The average Bonchev–Trinajstić information content (AvgIpc) is 3.67. The number of nitrogens with zero attached hydrogens (tertiary/aromatic N) is 2. The number of pyridine rings is 2. The Labute approximate surface area is 226 Å². The number of methoxy groups -OCH3 is 1. The molecule has 2 atom stereocenters. The Balaban J connectivity index is 1.53. The molecule has 3 heterocycles. The second kappa shape index (κ2) is 9.31. The van der Waals surface area contributed by atoms with E-state index < -0.39 is 16.6 Å². The number of hydrogen-bond donors (Lipinski definition) is 2. The second-order valence-electron chi connectivity index (χ2n) is 11.6. The van der Waals surface area contributed by atoms with Gasteiger partial charge in [0, 0.05) is 17.6 Å². The van der Waals surface area contributed by atoms with Gasteiger partial charge in [-0.3, -0.25) is 0 Å². The molecule has 1 fully saturated rings. The minimum absolute atomic E-state index is 0.122. The molecule has 0 bridgehead atoms. The van der Waals surface area contributed by atoms with Crippen LogP contribution in [0.3, 0.4) is 0 Å². The van der Waals surface area contributed by atoms with Crippen LogP contribution in [0.2, 0.25) is 0 Å². The number of benzene rings is 1. The van der Waals surface area contributed by atoms with Crippen molar-refractivity contribution in [3.05, 3.63) is 53.3 Å². The first kappa shape index (κ1) is 26.6. The molecule has 3 aromatic rings. The molecule has 1 aromatic carbocycles.